The zero-order chi connectivity index (χ0) is 34.8. The molecule has 13 heteroatoms. The first kappa shape index (κ1) is 33.4. The van der Waals surface area contributed by atoms with Gasteiger partial charge < -0.3 is 29.6 Å². The summed E-state index contributed by atoms with van der Waals surface area (Å²) in [6.07, 6.45) is 0.561. The lowest BCUT2D eigenvalue weighted by atomic mass is 9.83. The van der Waals surface area contributed by atoms with E-state index in [2.05, 4.69) is 15.5 Å². The predicted octanol–water partition coefficient (Wildman–Crippen LogP) is 5.27. The van der Waals surface area contributed by atoms with Crippen molar-refractivity contribution in [3.05, 3.63) is 122 Å². The van der Waals surface area contributed by atoms with Crippen molar-refractivity contribution in [2.75, 3.05) is 42.8 Å². The number of aromatic nitrogens is 1. The minimum absolute atomic E-state index is 0.0234. The van der Waals surface area contributed by atoms with Crippen molar-refractivity contribution in [3.8, 4) is 0 Å². The number of pyridine rings is 1. The van der Waals surface area contributed by atoms with Crippen LogP contribution in [0.1, 0.15) is 54.7 Å². The van der Waals surface area contributed by atoms with Gasteiger partial charge in [-0.1, -0.05) is 23.7 Å². The third-order valence-corrected chi connectivity index (χ3v) is 9.14. The Balaban J connectivity index is 1.33. The molecule has 0 spiro atoms. The van der Waals surface area contributed by atoms with Crippen molar-refractivity contribution in [2.45, 2.75) is 25.3 Å². The SMILES string of the molecule is COC(=O)c1cc(NC(=O)c2ccc(N3CC4CC(C3)c3cccc(=O)n3C4)c(NC(=O)Cc3c(F)cccc3Cl)c2)cc(C(=O)OC)c1. The molecule has 1 fully saturated rings. The lowest BCUT2D eigenvalue weighted by molar-refractivity contribution is -0.115. The number of piperidine rings is 1. The van der Waals surface area contributed by atoms with E-state index in [1.165, 1.54) is 56.7 Å². The van der Waals surface area contributed by atoms with E-state index in [9.17, 15) is 28.4 Å². The maximum atomic E-state index is 14.6. The molecule has 1 saturated heterocycles. The Kier molecular flexibility index (Phi) is 9.50. The van der Waals surface area contributed by atoms with Crippen LogP contribution in [0.3, 0.4) is 0 Å². The third kappa shape index (κ3) is 7.05. The molecule has 4 aromatic rings. The van der Waals surface area contributed by atoms with E-state index in [-0.39, 0.29) is 56.8 Å². The highest BCUT2D eigenvalue weighted by Gasteiger charge is 2.35. The summed E-state index contributed by atoms with van der Waals surface area (Å²) in [5, 5.41) is 5.68. The first-order valence-electron chi connectivity index (χ1n) is 15.5. The fraction of sp³-hybridized carbons (Fsp3) is 0.250. The van der Waals surface area contributed by atoms with E-state index in [4.69, 9.17) is 21.1 Å². The number of fused-ring (bicyclic) bond motifs is 4. The number of methoxy groups -OCH3 is 2. The van der Waals surface area contributed by atoms with Crippen LogP contribution in [0.15, 0.2) is 77.6 Å². The van der Waals surface area contributed by atoms with Crippen LogP contribution >= 0.6 is 11.6 Å². The molecule has 2 aliphatic rings. The van der Waals surface area contributed by atoms with Gasteiger partial charge in [0.25, 0.3) is 11.5 Å². The van der Waals surface area contributed by atoms with Crippen molar-refractivity contribution < 1.29 is 33.0 Å². The van der Waals surface area contributed by atoms with Gasteiger partial charge in [-0.15, -0.1) is 0 Å². The number of esters is 2. The second-order valence-electron chi connectivity index (χ2n) is 12.0. The molecule has 3 heterocycles. The lowest BCUT2D eigenvalue weighted by Crippen LogP contribution is -2.47. The average Bonchev–Trinajstić information content (AvgIpc) is 3.09. The Morgan fingerprint density at radius 1 is 0.857 bits per heavy atom. The number of nitrogens with zero attached hydrogens (tertiary/aromatic N) is 2. The van der Waals surface area contributed by atoms with E-state index < -0.39 is 29.6 Å². The zero-order valence-electron chi connectivity index (χ0n) is 26.6. The minimum atomic E-state index is -0.718. The highest BCUT2D eigenvalue weighted by atomic mass is 35.5. The molecule has 2 bridgehead atoms. The standard InChI is InChI=1S/C36H32ClFN4O7/c1-48-35(46)22-12-23(36(47)49-2)14-25(13-22)39-34(45)21-9-10-31(29(15-21)40-32(43)16-26-27(37)5-3-6-28(26)38)41-17-20-11-24(19-41)30-7-4-8-33(44)42(30)18-20/h3-10,12-15,20,24H,11,16-19H2,1-2H3,(H,39,45)(H,40,43). The number of carbonyl (C=O) groups excluding carboxylic acids is 4. The maximum Gasteiger partial charge on any atom is 0.337 e. The van der Waals surface area contributed by atoms with Crippen LogP contribution in [0.4, 0.5) is 21.5 Å². The van der Waals surface area contributed by atoms with Gasteiger partial charge in [-0.05, 0) is 66.9 Å². The molecule has 0 radical (unpaired) electrons. The second kappa shape index (κ2) is 13.9. The monoisotopic (exact) mass is 686 g/mol. The van der Waals surface area contributed by atoms with Gasteiger partial charge >= 0.3 is 11.9 Å². The summed E-state index contributed by atoms with van der Waals surface area (Å²) < 4.78 is 26.0. The summed E-state index contributed by atoms with van der Waals surface area (Å²) in [6, 6.07) is 18.3. The summed E-state index contributed by atoms with van der Waals surface area (Å²) in [5.74, 6) is -2.96. The maximum absolute atomic E-state index is 14.6. The number of benzene rings is 3. The number of hydrogen-bond acceptors (Lipinski definition) is 8. The van der Waals surface area contributed by atoms with E-state index in [0.29, 0.717) is 31.0 Å². The third-order valence-electron chi connectivity index (χ3n) is 8.79. The first-order valence-corrected chi connectivity index (χ1v) is 15.9. The topological polar surface area (TPSA) is 136 Å². The van der Waals surface area contributed by atoms with Crippen molar-refractivity contribution in [1.82, 2.24) is 4.57 Å². The van der Waals surface area contributed by atoms with Gasteiger partial charge in [-0.25, -0.2) is 14.0 Å². The van der Waals surface area contributed by atoms with Crippen LogP contribution < -0.4 is 21.1 Å². The molecule has 49 heavy (non-hydrogen) atoms. The molecule has 2 aliphatic heterocycles. The number of carbonyl (C=O) groups is 4. The second-order valence-corrected chi connectivity index (χ2v) is 12.4. The molecule has 252 valence electrons. The lowest BCUT2D eigenvalue weighted by Gasteiger charge is -2.44. The number of halogens is 2. The zero-order valence-corrected chi connectivity index (χ0v) is 27.4. The molecule has 1 aromatic heterocycles. The summed E-state index contributed by atoms with van der Waals surface area (Å²) >= 11 is 6.20. The molecule has 0 aliphatic carbocycles. The average molecular weight is 687 g/mol. The number of amides is 2. The molecule has 2 N–H and O–H groups in total. The van der Waals surface area contributed by atoms with Crippen LogP contribution in [0.5, 0.6) is 0 Å². The Morgan fingerprint density at radius 2 is 1.57 bits per heavy atom. The molecular formula is C36H32ClFN4O7. The smallest absolute Gasteiger partial charge is 0.337 e. The molecule has 6 rings (SSSR count). The molecule has 11 nitrogen and oxygen atoms in total. The van der Waals surface area contributed by atoms with Crippen molar-refractivity contribution >= 4 is 52.4 Å². The summed E-state index contributed by atoms with van der Waals surface area (Å²) in [4.78, 5) is 66.2. The summed E-state index contributed by atoms with van der Waals surface area (Å²) in [6.45, 7) is 1.72. The van der Waals surface area contributed by atoms with Crippen LogP contribution in [-0.4, -0.2) is 55.6 Å². The van der Waals surface area contributed by atoms with E-state index in [1.54, 1.807) is 24.3 Å². The minimum Gasteiger partial charge on any atom is -0.465 e. The predicted molar refractivity (Wildman–Crippen MR) is 181 cm³/mol. The van der Waals surface area contributed by atoms with Gasteiger partial charge in [0.15, 0.2) is 0 Å². The van der Waals surface area contributed by atoms with Gasteiger partial charge in [0.2, 0.25) is 5.91 Å². The van der Waals surface area contributed by atoms with Gasteiger partial charge in [0.05, 0.1) is 43.1 Å². The molecule has 2 amide bonds. The largest absolute Gasteiger partial charge is 0.465 e. The van der Waals surface area contributed by atoms with E-state index in [0.717, 1.165) is 12.1 Å². The number of ether oxygens (including phenoxy) is 2. The van der Waals surface area contributed by atoms with Gasteiger partial charge in [-0.2, -0.15) is 0 Å². The van der Waals surface area contributed by atoms with Crippen LogP contribution in [-0.2, 0) is 27.2 Å². The molecular weight excluding hydrogens is 655 g/mol. The Hall–Kier alpha value is -5.49. The first-order chi connectivity index (χ1) is 23.5. The van der Waals surface area contributed by atoms with E-state index in [1.807, 2.05) is 10.6 Å². The molecule has 2 unspecified atom stereocenters. The molecule has 3 aromatic carbocycles. The van der Waals surface area contributed by atoms with Gasteiger partial charge in [0, 0.05) is 59.1 Å². The van der Waals surface area contributed by atoms with Crippen LogP contribution in [0.25, 0.3) is 0 Å². The van der Waals surface area contributed by atoms with Gasteiger partial charge in [-0.3, -0.25) is 14.4 Å². The van der Waals surface area contributed by atoms with Crippen molar-refractivity contribution in [2.24, 2.45) is 5.92 Å². The Morgan fingerprint density at radius 3 is 2.27 bits per heavy atom. The number of rotatable bonds is 8. The van der Waals surface area contributed by atoms with E-state index >= 15 is 0 Å². The quantitative estimate of drug-likeness (QED) is 0.239. The molecule has 2 atom stereocenters. The summed E-state index contributed by atoms with van der Waals surface area (Å²) in [5.41, 5.74) is 2.25. The fourth-order valence-electron chi connectivity index (χ4n) is 6.58. The highest BCUT2D eigenvalue weighted by Crippen LogP contribution is 2.39. The highest BCUT2D eigenvalue weighted by molar-refractivity contribution is 6.31. The number of hydrogen-bond donors (Lipinski definition) is 2. The normalized spacial score (nSPS) is 16.3. The van der Waals surface area contributed by atoms with Crippen LogP contribution in [0, 0.1) is 11.7 Å². The number of anilines is 3. The van der Waals surface area contributed by atoms with Crippen molar-refractivity contribution in [1.29, 1.82) is 0 Å². The fourth-order valence-corrected chi connectivity index (χ4v) is 6.81. The van der Waals surface area contributed by atoms with Crippen molar-refractivity contribution in [3.63, 3.8) is 0 Å². The molecule has 0 saturated carbocycles. The Labute approximate surface area is 285 Å². The van der Waals surface area contributed by atoms with Gasteiger partial charge in [0.1, 0.15) is 5.82 Å². The Bertz CT molecular complexity index is 1990. The number of nitrogens with one attached hydrogen (secondary N) is 2. The van der Waals surface area contributed by atoms with Crippen LogP contribution in [0.2, 0.25) is 5.02 Å². The summed E-state index contributed by atoms with van der Waals surface area (Å²) in [7, 11) is 2.38.